The third kappa shape index (κ3) is 4.86. The standard InChI is InChI=1S/C11H8O6.C5H4O3/c12-10(13)8-3-1-6(16-8)5-7-2-4-9(17-7)11(14)15;6-5(7)4-2-1-3-8-4/h1-4H,5H2,(H,12,13)(H,14,15);1-3H,(H,6,7). The summed E-state index contributed by atoms with van der Waals surface area (Å²) < 4.78 is 14.5. The fourth-order valence-electron chi connectivity index (χ4n) is 1.75. The molecule has 25 heavy (non-hydrogen) atoms. The lowest BCUT2D eigenvalue weighted by Crippen LogP contribution is -1.92. The smallest absolute Gasteiger partial charge is 0.371 e. The van der Waals surface area contributed by atoms with Crippen molar-refractivity contribution in [3.8, 4) is 0 Å². The molecule has 0 aromatic carbocycles. The van der Waals surface area contributed by atoms with Crippen LogP contribution in [0.15, 0.2) is 55.9 Å². The van der Waals surface area contributed by atoms with Crippen molar-refractivity contribution in [3.05, 3.63) is 71.5 Å². The van der Waals surface area contributed by atoms with Gasteiger partial charge in [0.15, 0.2) is 0 Å². The van der Waals surface area contributed by atoms with Gasteiger partial charge in [0, 0.05) is 0 Å². The molecule has 3 aromatic rings. The minimum absolute atomic E-state index is 0.0231. The van der Waals surface area contributed by atoms with E-state index in [1.165, 1.54) is 42.7 Å². The molecular weight excluding hydrogens is 336 g/mol. The van der Waals surface area contributed by atoms with Crippen molar-refractivity contribution < 1.29 is 43.0 Å². The molecule has 0 aliphatic rings. The molecule has 3 aromatic heterocycles. The number of furan rings is 3. The summed E-state index contributed by atoms with van der Waals surface area (Å²) in [6.07, 6.45) is 1.53. The number of carboxylic acids is 3. The van der Waals surface area contributed by atoms with Gasteiger partial charge in [-0.2, -0.15) is 0 Å². The highest BCUT2D eigenvalue weighted by molar-refractivity contribution is 5.85. The molecule has 0 saturated carbocycles. The SMILES string of the molecule is O=C(O)c1ccc(Cc2ccc(C(=O)O)o2)o1.O=C(O)c1ccco1. The first-order chi connectivity index (χ1) is 11.9. The highest BCUT2D eigenvalue weighted by Crippen LogP contribution is 2.15. The molecule has 3 heterocycles. The van der Waals surface area contributed by atoms with Crippen LogP contribution in [0.25, 0.3) is 0 Å². The van der Waals surface area contributed by atoms with E-state index in [0.717, 1.165) is 0 Å². The predicted octanol–water partition coefficient (Wildman–Crippen LogP) is 2.84. The van der Waals surface area contributed by atoms with Crippen LogP contribution in [-0.4, -0.2) is 33.2 Å². The van der Waals surface area contributed by atoms with E-state index in [1.54, 1.807) is 0 Å². The Morgan fingerprint density at radius 1 is 0.720 bits per heavy atom. The van der Waals surface area contributed by atoms with Gasteiger partial charge in [0.2, 0.25) is 17.3 Å². The van der Waals surface area contributed by atoms with Crippen molar-refractivity contribution in [1.82, 2.24) is 0 Å². The van der Waals surface area contributed by atoms with Gasteiger partial charge in [0.05, 0.1) is 12.7 Å². The summed E-state index contributed by atoms with van der Waals surface area (Å²) in [6.45, 7) is 0. The third-order valence-electron chi connectivity index (χ3n) is 2.83. The molecule has 3 N–H and O–H groups in total. The van der Waals surface area contributed by atoms with Crippen molar-refractivity contribution in [1.29, 1.82) is 0 Å². The average molecular weight is 348 g/mol. The Morgan fingerprint density at radius 3 is 1.48 bits per heavy atom. The van der Waals surface area contributed by atoms with Gasteiger partial charge in [0.1, 0.15) is 11.5 Å². The molecule has 0 bridgehead atoms. The van der Waals surface area contributed by atoms with E-state index >= 15 is 0 Å². The van der Waals surface area contributed by atoms with Crippen molar-refractivity contribution in [2.75, 3.05) is 0 Å². The Hall–Kier alpha value is -3.75. The Kier molecular flexibility index (Phi) is 5.41. The molecule has 0 atom stereocenters. The summed E-state index contributed by atoms with van der Waals surface area (Å²) in [6, 6.07) is 8.60. The summed E-state index contributed by atoms with van der Waals surface area (Å²) in [7, 11) is 0. The molecule has 9 nitrogen and oxygen atoms in total. The van der Waals surface area contributed by atoms with E-state index < -0.39 is 17.9 Å². The van der Waals surface area contributed by atoms with Gasteiger partial charge in [-0.3, -0.25) is 0 Å². The number of carbonyl (C=O) groups is 3. The fraction of sp³-hybridized carbons (Fsp3) is 0.0625. The quantitative estimate of drug-likeness (QED) is 0.632. The van der Waals surface area contributed by atoms with E-state index in [4.69, 9.17) is 24.2 Å². The van der Waals surface area contributed by atoms with E-state index in [2.05, 4.69) is 4.42 Å². The second-order valence-corrected chi connectivity index (χ2v) is 4.60. The van der Waals surface area contributed by atoms with Crippen molar-refractivity contribution in [2.24, 2.45) is 0 Å². The predicted molar refractivity (Wildman–Crippen MR) is 79.8 cm³/mol. The number of rotatable bonds is 5. The Morgan fingerprint density at radius 2 is 1.20 bits per heavy atom. The highest BCUT2D eigenvalue weighted by Gasteiger charge is 2.13. The lowest BCUT2D eigenvalue weighted by molar-refractivity contribution is 0.0651. The van der Waals surface area contributed by atoms with Crippen LogP contribution in [0.4, 0.5) is 0 Å². The van der Waals surface area contributed by atoms with Gasteiger partial charge in [-0.25, -0.2) is 14.4 Å². The molecule has 0 radical (unpaired) electrons. The average Bonchev–Trinajstić information content (AvgIpc) is 3.30. The third-order valence-corrected chi connectivity index (χ3v) is 2.83. The zero-order valence-corrected chi connectivity index (χ0v) is 12.5. The minimum atomic E-state index is -1.15. The lowest BCUT2D eigenvalue weighted by Gasteiger charge is -1.92. The number of hydrogen-bond acceptors (Lipinski definition) is 6. The first-order valence-corrected chi connectivity index (χ1v) is 6.77. The molecule has 0 fully saturated rings. The zero-order valence-electron chi connectivity index (χ0n) is 12.5. The van der Waals surface area contributed by atoms with Crippen LogP contribution in [0.1, 0.15) is 43.2 Å². The van der Waals surface area contributed by atoms with Gasteiger partial charge in [-0.05, 0) is 36.4 Å². The molecule has 9 heteroatoms. The van der Waals surface area contributed by atoms with Crippen molar-refractivity contribution in [3.63, 3.8) is 0 Å². The van der Waals surface area contributed by atoms with Gasteiger partial charge in [-0.15, -0.1) is 0 Å². The summed E-state index contributed by atoms with van der Waals surface area (Å²) in [4.78, 5) is 31.1. The van der Waals surface area contributed by atoms with Crippen LogP contribution in [0.5, 0.6) is 0 Å². The second kappa shape index (κ2) is 7.68. The van der Waals surface area contributed by atoms with Gasteiger partial charge < -0.3 is 28.6 Å². The molecule has 0 unspecified atom stereocenters. The van der Waals surface area contributed by atoms with Crippen LogP contribution in [-0.2, 0) is 6.42 Å². The lowest BCUT2D eigenvalue weighted by atomic mass is 10.3. The normalized spacial score (nSPS) is 9.92. The summed E-state index contributed by atoms with van der Waals surface area (Å²) in [5.74, 6) is -2.89. The maximum Gasteiger partial charge on any atom is 0.371 e. The topological polar surface area (TPSA) is 151 Å². The molecular formula is C16H12O9. The van der Waals surface area contributed by atoms with Crippen LogP contribution in [0.3, 0.4) is 0 Å². The van der Waals surface area contributed by atoms with Gasteiger partial charge >= 0.3 is 17.9 Å². The summed E-state index contributed by atoms with van der Waals surface area (Å²) in [5, 5.41) is 25.5. The van der Waals surface area contributed by atoms with E-state index in [1.807, 2.05) is 0 Å². The largest absolute Gasteiger partial charge is 0.475 e. The maximum absolute atomic E-state index is 10.6. The molecule has 130 valence electrons. The molecule has 0 aliphatic heterocycles. The molecule has 0 spiro atoms. The first kappa shape index (κ1) is 17.6. The van der Waals surface area contributed by atoms with Crippen LogP contribution in [0, 0.1) is 0 Å². The molecule has 0 saturated heterocycles. The number of aromatic carboxylic acids is 3. The van der Waals surface area contributed by atoms with E-state index in [-0.39, 0.29) is 23.7 Å². The molecule has 0 amide bonds. The van der Waals surface area contributed by atoms with E-state index in [0.29, 0.717) is 11.5 Å². The summed E-state index contributed by atoms with van der Waals surface area (Å²) >= 11 is 0. The Balaban J connectivity index is 0.000000236. The van der Waals surface area contributed by atoms with Gasteiger partial charge in [0.25, 0.3) is 0 Å². The second-order valence-electron chi connectivity index (χ2n) is 4.60. The van der Waals surface area contributed by atoms with Crippen LogP contribution >= 0.6 is 0 Å². The van der Waals surface area contributed by atoms with Crippen molar-refractivity contribution >= 4 is 17.9 Å². The summed E-state index contributed by atoms with van der Waals surface area (Å²) in [5.41, 5.74) is 0. The highest BCUT2D eigenvalue weighted by atomic mass is 16.4. The first-order valence-electron chi connectivity index (χ1n) is 6.77. The Labute approximate surface area is 139 Å². The van der Waals surface area contributed by atoms with Crippen LogP contribution in [0.2, 0.25) is 0 Å². The van der Waals surface area contributed by atoms with Gasteiger partial charge in [-0.1, -0.05) is 0 Å². The number of carboxylic acid groups (broad SMARTS) is 3. The monoisotopic (exact) mass is 348 g/mol. The molecule has 3 rings (SSSR count). The minimum Gasteiger partial charge on any atom is -0.475 e. The fourth-order valence-corrected chi connectivity index (χ4v) is 1.75. The van der Waals surface area contributed by atoms with E-state index in [9.17, 15) is 14.4 Å². The molecule has 0 aliphatic carbocycles. The number of hydrogen-bond donors (Lipinski definition) is 3. The maximum atomic E-state index is 10.6. The van der Waals surface area contributed by atoms with Crippen LogP contribution < -0.4 is 0 Å². The Bertz CT molecular complexity index is 817. The van der Waals surface area contributed by atoms with Crippen molar-refractivity contribution in [2.45, 2.75) is 6.42 Å². The zero-order chi connectivity index (χ0) is 18.4.